The summed E-state index contributed by atoms with van der Waals surface area (Å²) in [7, 11) is 1.86. The topological polar surface area (TPSA) is 52.7 Å². The van der Waals surface area contributed by atoms with Crippen LogP contribution in [0.3, 0.4) is 0 Å². The summed E-state index contributed by atoms with van der Waals surface area (Å²) in [6, 6.07) is 7.46. The van der Waals surface area contributed by atoms with Gasteiger partial charge in [-0.1, -0.05) is 25.0 Å². The van der Waals surface area contributed by atoms with E-state index in [9.17, 15) is 9.59 Å². The van der Waals surface area contributed by atoms with Crippen LogP contribution in [-0.2, 0) is 6.54 Å². The zero-order chi connectivity index (χ0) is 18.2. The smallest absolute Gasteiger partial charge is 0.317 e. The van der Waals surface area contributed by atoms with Gasteiger partial charge in [-0.3, -0.25) is 4.79 Å². The highest BCUT2D eigenvalue weighted by Crippen LogP contribution is 2.25. The third-order valence-corrected chi connectivity index (χ3v) is 5.05. The zero-order valence-electron chi connectivity index (χ0n) is 15.8. The number of urea groups is 1. The summed E-state index contributed by atoms with van der Waals surface area (Å²) in [4.78, 5) is 28.1. The molecule has 0 saturated heterocycles. The number of nitrogens with one attached hydrogen (secondary N) is 1. The van der Waals surface area contributed by atoms with Gasteiger partial charge in [0.15, 0.2) is 0 Å². The first-order chi connectivity index (χ1) is 12.0. The van der Waals surface area contributed by atoms with Crippen LogP contribution < -0.4 is 5.32 Å². The van der Waals surface area contributed by atoms with Crippen LogP contribution >= 0.6 is 0 Å². The van der Waals surface area contributed by atoms with Crippen molar-refractivity contribution in [1.82, 2.24) is 15.1 Å². The third-order valence-electron chi connectivity index (χ3n) is 5.05. The highest BCUT2D eigenvalue weighted by atomic mass is 16.2. The van der Waals surface area contributed by atoms with Crippen molar-refractivity contribution in [3.63, 3.8) is 0 Å². The molecule has 25 heavy (non-hydrogen) atoms. The van der Waals surface area contributed by atoms with Gasteiger partial charge in [-0.25, -0.2) is 4.79 Å². The van der Waals surface area contributed by atoms with Crippen LogP contribution in [0.5, 0.6) is 0 Å². The van der Waals surface area contributed by atoms with Gasteiger partial charge in [0.2, 0.25) is 0 Å². The fraction of sp³-hybridized carbons (Fsp3) is 0.600. The van der Waals surface area contributed by atoms with Crippen LogP contribution in [0.2, 0.25) is 0 Å². The molecule has 1 saturated carbocycles. The molecule has 0 heterocycles. The molecule has 1 aromatic rings. The number of benzene rings is 1. The van der Waals surface area contributed by atoms with E-state index in [1.807, 2.05) is 45.2 Å². The monoisotopic (exact) mass is 345 g/mol. The lowest BCUT2D eigenvalue weighted by atomic mass is 10.1. The summed E-state index contributed by atoms with van der Waals surface area (Å²) in [5, 5.41) is 2.96. The SMILES string of the molecule is CCN(CC)C(=O)c1ccc(CNC(=O)N(C)CC2CCCC2)cc1. The van der Waals surface area contributed by atoms with Crippen molar-refractivity contribution < 1.29 is 9.59 Å². The summed E-state index contributed by atoms with van der Waals surface area (Å²) < 4.78 is 0. The van der Waals surface area contributed by atoms with Gasteiger partial charge in [-0.2, -0.15) is 0 Å². The second-order valence-electron chi connectivity index (χ2n) is 6.86. The predicted molar refractivity (Wildman–Crippen MR) is 101 cm³/mol. The summed E-state index contributed by atoms with van der Waals surface area (Å²) in [6.45, 7) is 6.69. The average Bonchev–Trinajstić information content (AvgIpc) is 3.14. The van der Waals surface area contributed by atoms with E-state index in [0.717, 1.165) is 12.1 Å². The molecule has 2 rings (SSSR count). The van der Waals surface area contributed by atoms with Crippen molar-refractivity contribution in [1.29, 1.82) is 0 Å². The quantitative estimate of drug-likeness (QED) is 0.822. The van der Waals surface area contributed by atoms with Crippen molar-refractivity contribution in [2.24, 2.45) is 5.92 Å². The van der Waals surface area contributed by atoms with Crippen LogP contribution in [0.25, 0.3) is 0 Å². The van der Waals surface area contributed by atoms with Crippen LogP contribution in [0.1, 0.15) is 55.5 Å². The molecule has 1 aromatic carbocycles. The molecule has 138 valence electrons. The van der Waals surface area contributed by atoms with Gasteiger partial charge in [0, 0.05) is 38.8 Å². The Morgan fingerprint density at radius 2 is 1.68 bits per heavy atom. The highest BCUT2D eigenvalue weighted by Gasteiger charge is 2.19. The summed E-state index contributed by atoms with van der Waals surface area (Å²) in [5.41, 5.74) is 1.69. The lowest BCUT2D eigenvalue weighted by Crippen LogP contribution is -2.39. The van der Waals surface area contributed by atoms with Gasteiger partial charge in [-0.05, 0) is 50.3 Å². The number of rotatable bonds is 7. The fourth-order valence-corrected chi connectivity index (χ4v) is 3.43. The second-order valence-corrected chi connectivity index (χ2v) is 6.86. The molecule has 5 heteroatoms. The molecule has 3 amide bonds. The van der Waals surface area contributed by atoms with E-state index in [0.29, 0.717) is 31.1 Å². The van der Waals surface area contributed by atoms with Crippen molar-refractivity contribution in [3.8, 4) is 0 Å². The van der Waals surface area contributed by atoms with E-state index < -0.39 is 0 Å². The Morgan fingerprint density at radius 1 is 1.08 bits per heavy atom. The molecule has 0 aromatic heterocycles. The second kappa shape index (κ2) is 9.44. The van der Waals surface area contributed by atoms with Crippen LogP contribution in [-0.4, -0.2) is 48.4 Å². The molecule has 1 aliphatic carbocycles. The van der Waals surface area contributed by atoms with Crippen molar-refractivity contribution in [3.05, 3.63) is 35.4 Å². The minimum Gasteiger partial charge on any atom is -0.339 e. The van der Waals surface area contributed by atoms with Crippen molar-refractivity contribution in [2.45, 2.75) is 46.1 Å². The maximum Gasteiger partial charge on any atom is 0.317 e. The Morgan fingerprint density at radius 3 is 2.24 bits per heavy atom. The Hall–Kier alpha value is -2.04. The average molecular weight is 345 g/mol. The summed E-state index contributed by atoms with van der Waals surface area (Å²) >= 11 is 0. The molecule has 0 radical (unpaired) electrons. The van der Waals surface area contributed by atoms with Gasteiger partial charge >= 0.3 is 6.03 Å². The van der Waals surface area contributed by atoms with Crippen molar-refractivity contribution in [2.75, 3.05) is 26.7 Å². The first-order valence-corrected chi connectivity index (χ1v) is 9.42. The first-order valence-electron chi connectivity index (χ1n) is 9.42. The highest BCUT2D eigenvalue weighted by molar-refractivity contribution is 5.94. The van der Waals surface area contributed by atoms with Crippen LogP contribution in [0.15, 0.2) is 24.3 Å². The number of amides is 3. The number of hydrogen-bond acceptors (Lipinski definition) is 2. The largest absolute Gasteiger partial charge is 0.339 e. The molecule has 1 aliphatic rings. The Bertz CT molecular complexity index is 561. The number of hydrogen-bond donors (Lipinski definition) is 1. The Kier molecular flexibility index (Phi) is 7.29. The van der Waals surface area contributed by atoms with Gasteiger partial charge in [-0.15, -0.1) is 0 Å². The van der Waals surface area contributed by atoms with Gasteiger partial charge in [0.25, 0.3) is 5.91 Å². The summed E-state index contributed by atoms with van der Waals surface area (Å²) in [6.07, 6.45) is 5.05. The molecular formula is C20H31N3O2. The Labute approximate surface area is 151 Å². The maximum absolute atomic E-state index is 12.3. The predicted octanol–water partition coefficient (Wildman–Crippen LogP) is 3.50. The van der Waals surface area contributed by atoms with E-state index in [1.54, 1.807) is 9.80 Å². The molecule has 1 N–H and O–H groups in total. The van der Waals surface area contributed by atoms with Crippen LogP contribution in [0, 0.1) is 5.92 Å². The van der Waals surface area contributed by atoms with Gasteiger partial charge in [0.1, 0.15) is 0 Å². The standard InChI is InChI=1S/C20H31N3O2/c1-4-23(5-2)19(24)18-12-10-16(11-13-18)14-21-20(25)22(3)15-17-8-6-7-9-17/h10-13,17H,4-9,14-15H2,1-3H3,(H,21,25). The molecule has 0 aliphatic heterocycles. The first kappa shape index (κ1) is 19.3. The Balaban J connectivity index is 1.82. The summed E-state index contributed by atoms with van der Waals surface area (Å²) in [5.74, 6) is 0.706. The molecular weight excluding hydrogens is 314 g/mol. The van der Waals surface area contributed by atoms with Crippen LogP contribution in [0.4, 0.5) is 4.79 Å². The molecule has 0 bridgehead atoms. The minimum absolute atomic E-state index is 0.0322. The molecule has 0 atom stereocenters. The molecule has 5 nitrogen and oxygen atoms in total. The molecule has 0 unspecified atom stereocenters. The third kappa shape index (κ3) is 5.48. The number of nitrogens with zero attached hydrogens (tertiary/aromatic N) is 2. The minimum atomic E-state index is -0.0322. The van der Waals surface area contributed by atoms with Gasteiger partial charge < -0.3 is 15.1 Å². The number of carbonyl (C=O) groups excluding carboxylic acids is 2. The number of carbonyl (C=O) groups is 2. The van der Waals surface area contributed by atoms with E-state index >= 15 is 0 Å². The van der Waals surface area contributed by atoms with E-state index in [-0.39, 0.29) is 11.9 Å². The lowest BCUT2D eigenvalue weighted by molar-refractivity contribution is 0.0773. The lowest BCUT2D eigenvalue weighted by Gasteiger charge is -2.21. The molecule has 1 fully saturated rings. The van der Waals surface area contributed by atoms with E-state index in [1.165, 1.54) is 25.7 Å². The molecule has 0 spiro atoms. The zero-order valence-corrected chi connectivity index (χ0v) is 15.8. The van der Waals surface area contributed by atoms with Gasteiger partial charge in [0.05, 0.1) is 0 Å². The normalized spacial score (nSPS) is 14.4. The fourth-order valence-electron chi connectivity index (χ4n) is 3.43. The maximum atomic E-state index is 12.3. The van der Waals surface area contributed by atoms with Crippen molar-refractivity contribution >= 4 is 11.9 Å². The van der Waals surface area contributed by atoms with E-state index in [2.05, 4.69) is 5.32 Å². The van der Waals surface area contributed by atoms with E-state index in [4.69, 9.17) is 0 Å².